The van der Waals surface area contributed by atoms with E-state index < -0.39 is 30.3 Å². The number of carbonyl (C=O) groups excluding carboxylic acids is 2. The van der Waals surface area contributed by atoms with Gasteiger partial charge in [-0.25, -0.2) is 13.6 Å². The third kappa shape index (κ3) is 6.47. The number of likely N-dealkylation sites (N-methyl/N-ethyl adjacent to an activating group) is 1. The Morgan fingerprint density at radius 3 is 2.62 bits per heavy atom. The topological polar surface area (TPSA) is 113 Å². The molecule has 1 heterocycles. The summed E-state index contributed by atoms with van der Waals surface area (Å²) in [7, 11) is 1.45. The van der Waals surface area contributed by atoms with Crippen LogP contribution in [0.1, 0.15) is 26.0 Å². The van der Waals surface area contributed by atoms with Gasteiger partial charge in [-0.1, -0.05) is 6.07 Å². The van der Waals surface area contributed by atoms with Crippen LogP contribution in [0.15, 0.2) is 59.7 Å². The number of amides is 1. The summed E-state index contributed by atoms with van der Waals surface area (Å²) in [6, 6.07) is 5.39. The van der Waals surface area contributed by atoms with Gasteiger partial charge in [0.15, 0.2) is 0 Å². The van der Waals surface area contributed by atoms with Crippen molar-refractivity contribution in [3.63, 3.8) is 0 Å². The van der Waals surface area contributed by atoms with Crippen LogP contribution >= 0.6 is 0 Å². The summed E-state index contributed by atoms with van der Waals surface area (Å²) >= 11 is 0. The number of carbonyl (C=O) groups is 2. The summed E-state index contributed by atoms with van der Waals surface area (Å²) in [5.74, 6) is -1.43. The number of hydrogen-bond acceptors (Lipinski definition) is 7. The Balaban J connectivity index is 2.28. The van der Waals surface area contributed by atoms with Gasteiger partial charge in [-0.05, 0) is 44.2 Å². The Morgan fingerprint density at radius 1 is 1.28 bits per heavy atom. The SMILES string of the molecule is CCOC(=O)C(C)(CC(F)F)NC(=O)/C(NC)=C1\C=C(OCc2ccccn2)C=CC1=N. The number of alkyl halides is 2. The molecule has 0 bridgehead atoms. The number of hydrogen-bond donors (Lipinski definition) is 3. The highest BCUT2D eigenvalue weighted by molar-refractivity contribution is 6.15. The lowest BCUT2D eigenvalue weighted by Gasteiger charge is -2.29. The maximum atomic E-state index is 13.1. The molecule has 1 aliphatic carbocycles. The summed E-state index contributed by atoms with van der Waals surface area (Å²) in [5.41, 5.74) is -1.16. The second kappa shape index (κ2) is 11.2. The van der Waals surface area contributed by atoms with Gasteiger partial charge in [0, 0.05) is 25.2 Å². The average Bonchev–Trinajstić information content (AvgIpc) is 2.74. The number of rotatable bonds is 10. The molecular formula is C22H26F2N4O4. The van der Waals surface area contributed by atoms with Crippen LogP contribution in [0.4, 0.5) is 8.78 Å². The van der Waals surface area contributed by atoms with Gasteiger partial charge in [0.1, 0.15) is 23.6 Å². The van der Waals surface area contributed by atoms with Crippen molar-refractivity contribution in [3.8, 4) is 0 Å². The molecule has 1 amide bonds. The van der Waals surface area contributed by atoms with Crippen molar-refractivity contribution in [2.24, 2.45) is 0 Å². The predicted molar refractivity (Wildman–Crippen MR) is 114 cm³/mol. The van der Waals surface area contributed by atoms with E-state index in [-0.39, 0.29) is 30.2 Å². The van der Waals surface area contributed by atoms with Gasteiger partial charge in [-0.2, -0.15) is 0 Å². The minimum Gasteiger partial charge on any atom is -0.487 e. The number of aromatic nitrogens is 1. The summed E-state index contributed by atoms with van der Waals surface area (Å²) in [4.78, 5) is 29.3. The highest BCUT2D eigenvalue weighted by Gasteiger charge is 2.40. The van der Waals surface area contributed by atoms with Crippen molar-refractivity contribution in [1.29, 1.82) is 5.41 Å². The van der Waals surface area contributed by atoms with Gasteiger partial charge < -0.3 is 25.5 Å². The van der Waals surface area contributed by atoms with Crippen LogP contribution < -0.4 is 10.6 Å². The molecule has 10 heteroatoms. The van der Waals surface area contributed by atoms with Crippen LogP contribution in [0.25, 0.3) is 0 Å². The molecule has 0 aromatic carbocycles. The number of esters is 1. The molecule has 1 aliphatic rings. The van der Waals surface area contributed by atoms with E-state index in [1.165, 1.54) is 33.0 Å². The maximum absolute atomic E-state index is 13.1. The Kier molecular flexibility index (Phi) is 8.62. The van der Waals surface area contributed by atoms with Gasteiger partial charge >= 0.3 is 5.97 Å². The second-order valence-corrected chi connectivity index (χ2v) is 7.04. The third-order valence-corrected chi connectivity index (χ3v) is 4.53. The lowest BCUT2D eigenvalue weighted by molar-refractivity contribution is -0.154. The molecule has 2 rings (SSSR count). The van der Waals surface area contributed by atoms with Crippen molar-refractivity contribution in [2.75, 3.05) is 13.7 Å². The van der Waals surface area contributed by atoms with E-state index in [0.717, 1.165) is 0 Å². The minimum atomic E-state index is -2.85. The lowest BCUT2D eigenvalue weighted by Crippen LogP contribution is -2.55. The number of halogens is 2. The van der Waals surface area contributed by atoms with E-state index in [1.807, 2.05) is 6.07 Å². The number of nitrogens with one attached hydrogen (secondary N) is 3. The monoisotopic (exact) mass is 448 g/mol. The first-order valence-electron chi connectivity index (χ1n) is 9.91. The quantitative estimate of drug-likeness (QED) is 0.375. The molecule has 1 aromatic heterocycles. The molecule has 172 valence electrons. The molecule has 0 aliphatic heterocycles. The Labute approximate surface area is 184 Å². The standard InChI is InChI=1S/C22H26F2N4O4/c1-4-31-21(30)22(2,12-18(23)24)28-20(29)19(26-3)16-11-15(8-9-17(16)25)32-13-14-7-5-6-10-27-14/h5-11,18,25-26H,4,12-13H2,1-3H3,(H,28,29)/b19-16-,25-17?. The summed E-state index contributed by atoms with van der Waals surface area (Å²) < 4.78 is 36.8. The molecule has 0 fully saturated rings. The Bertz CT molecular complexity index is 945. The van der Waals surface area contributed by atoms with Gasteiger partial charge in [0.25, 0.3) is 5.91 Å². The molecule has 1 unspecified atom stereocenters. The highest BCUT2D eigenvalue weighted by atomic mass is 19.3. The zero-order valence-electron chi connectivity index (χ0n) is 18.1. The minimum absolute atomic E-state index is 0.00128. The van der Waals surface area contributed by atoms with Gasteiger partial charge in [-0.15, -0.1) is 0 Å². The van der Waals surface area contributed by atoms with Crippen molar-refractivity contribution >= 4 is 17.6 Å². The zero-order chi connectivity index (χ0) is 23.7. The van der Waals surface area contributed by atoms with E-state index in [0.29, 0.717) is 11.5 Å². The summed E-state index contributed by atoms with van der Waals surface area (Å²) in [6.45, 7) is 2.86. The predicted octanol–water partition coefficient (Wildman–Crippen LogP) is 2.64. The van der Waals surface area contributed by atoms with Crippen LogP contribution in [0.5, 0.6) is 0 Å². The third-order valence-electron chi connectivity index (χ3n) is 4.53. The van der Waals surface area contributed by atoms with E-state index >= 15 is 0 Å². The fraction of sp³-hybridized carbons (Fsp3) is 0.364. The molecule has 0 spiro atoms. The number of allylic oxidation sites excluding steroid dienone is 4. The highest BCUT2D eigenvalue weighted by Crippen LogP contribution is 2.21. The number of ether oxygens (including phenoxy) is 2. The van der Waals surface area contributed by atoms with Gasteiger partial charge in [-0.3, -0.25) is 9.78 Å². The first-order valence-corrected chi connectivity index (χ1v) is 9.91. The van der Waals surface area contributed by atoms with Crippen LogP contribution in [0.2, 0.25) is 0 Å². The molecule has 1 atom stereocenters. The lowest BCUT2D eigenvalue weighted by atomic mass is 9.96. The molecule has 0 saturated heterocycles. The normalized spacial score (nSPS) is 16.7. The number of nitrogens with zero attached hydrogens (tertiary/aromatic N) is 1. The van der Waals surface area contributed by atoms with E-state index in [4.69, 9.17) is 14.9 Å². The van der Waals surface area contributed by atoms with Gasteiger partial charge in [0.05, 0.1) is 18.0 Å². The Morgan fingerprint density at radius 2 is 2.03 bits per heavy atom. The molecule has 8 nitrogen and oxygen atoms in total. The summed E-state index contributed by atoms with van der Waals surface area (Å²) in [6.07, 6.45) is 2.35. The summed E-state index contributed by atoms with van der Waals surface area (Å²) in [5, 5.41) is 13.2. The first kappa shape index (κ1) is 24.7. The fourth-order valence-electron chi connectivity index (χ4n) is 2.93. The molecule has 32 heavy (non-hydrogen) atoms. The average molecular weight is 448 g/mol. The van der Waals surface area contributed by atoms with Crippen molar-refractivity contribution in [3.05, 3.63) is 65.3 Å². The van der Waals surface area contributed by atoms with Crippen molar-refractivity contribution in [2.45, 2.75) is 38.8 Å². The van der Waals surface area contributed by atoms with Crippen molar-refractivity contribution in [1.82, 2.24) is 15.6 Å². The van der Waals surface area contributed by atoms with Crippen molar-refractivity contribution < 1.29 is 27.8 Å². The van der Waals surface area contributed by atoms with E-state index in [2.05, 4.69) is 15.6 Å². The van der Waals surface area contributed by atoms with Crippen LogP contribution in [-0.2, 0) is 25.7 Å². The largest absolute Gasteiger partial charge is 0.487 e. The van der Waals surface area contributed by atoms with Crippen LogP contribution in [-0.4, -0.2) is 48.2 Å². The first-order chi connectivity index (χ1) is 15.2. The maximum Gasteiger partial charge on any atom is 0.331 e. The van der Waals surface area contributed by atoms with Crippen LogP contribution in [0.3, 0.4) is 0 Å². The zero-order valence-corrected chi connectivity index (χ0v) is 18.1. The van der Waals surface area contributed by atoms with Gasteiger partial charge in [0.2, 0.25) is 6.43 Å². The molecular weight excluding hydrogens is 422 g/mol. The molecule has 3 N–H and O–H groups in total. The fourth-order valence-corrected chi connectivity index (χ4v) is 2.93. The van der Waals surface area contributed by atoms with E-state index in [1.54, 1.807) is 24.4 Å². The van der Waals surface area contributed by atoms with Crippen LogP contribution in [0, 0.1) is 5.41 Å². The number of pyridine rings is 1. The molecule has 1 aromatic rings. The molecule has 0 radical (unpaired) electrons. The second-order valence-electron chi connectivity index (χ2n) is 7.04. The van der Waals surface area contributed by atoms with E-state index in [9.17, 15) is 18.4 Å². The smallest absolute Gasteiger partial charge is 0.331 e. The Hall–Kier alpha value is -3.56. The molecule has 0 saturated carbocycles.